The van der Waals surface area contributed by atoms with E-state index in [0.29, 0.717) is 24.5 Å². The molecule has 0 fully saturated rings. The quantitative estimate of drug-likeness (QED) is 0.639. The molecule has 0 aliphatic rings. The van der Waals surface area contributed by atoms with Crippen LogP contribution in [0.25, 0.3) is 0 Å². The molecular weight excluding hydrogens is 376 g/mol. The van der Waals surface area contributed by atoms with Crippen molar-refractivity contribution in [1.82, 2.24) is 5.32 Å². The highest BCUT2D eigenvalue weighted by atomic mass is 32.2. The molecule has 6 nitrogen and oxygen atoms in total. The van der Waals surface area contributed by atoms with Gasteiger partial charge in [-0.2, -0.15) is 0 Å². The predicted molar refractivity (Wildman–Crippen MR) is 113 cm³/mol. The summed E-state index contributed by atoms with van der Waals surface area (Å²) in [5.41, 5.74) is 1.79. The molecule has 1 atom stereocenters. The van der Waals surface area contributed by atoms with Crippen LogP contribution in [-0.2, 0) is 16.0 Å². The minimum Gasteiger partial charge on any atom is -0.493 e. The van der Waals surface area contributed by atoms with Crippen LogP contribution < -0.4 is 20.1 Å². The van der Waals surface area contributed by atoms with Crippen LogP contribution in [0.1, 0.15) is 12.5 Å². The summed E-state index contributed by atoms with van der Waals surface area (Å²) in [6.45, 7) is 2.31. The summed E-state index contributed by atoms with van der Waals surface area (Å²) in [5, 5.41) is 5.40. The second-order valence-electron chi connectivity index (χ2n) is 6.10. The number of hydrogen-bond acceptors (Lipinski definition) is 5. The van der Waals surface area contributed by atoms with Crippen molar-refractivity contribution >= 4 is 29.3 Å². The van der Waals surface area contributed by atoms with Gasteiger partial charge in [-0.1, -0.05) is 24.3 Å². The van der Waals surface area contributed by atoms with Gasteiger partial charge in [-0.25, -0.2) is 0 Å². The molecule has 7 heteroatoms. The average molecular weight is 403 g/mol. The highest BCUT2D eigenvalue weighted by molar-refractivity contribution is 8.01. The fourth-order valence-electron chi connectivity index (χ4n) is 2.50. The molecule has 28 heavy (non-hydrogen) atoms. The number of hydrogen-bond donors (Lipinski definition) is 2. The van der Waals surface area contributed by atoms with Crippen LogP contribution in [0.5, 0.6) is 11.5 Å². The van der Waals surface area contributed by atoms with E-state index in [2.05, 4.69) is 10.6 Å². The second kappa shape index (κ2) is 11.2. The molecule has 2 rings (SSSR count). The summed E-state index contributed by atoms with van der Waals surface area (Å²) in [5.74, 6) is 1.35. The Morgan fingerprint density at radius 2 is 1.75 bits per heavy atom. The summed E-state index contributed by atoms with van der Waals surface area (Å²) in [6.07, 6.45) is 0.679. The fourth-order valence-corrected chi connectivity index (χ4v) is 3.21. The lowest BCUT2D eigenvalue weighted by molar-refractivity contribution is -0.120. The van der Waals surface area contributed by atoms with Gasteiger partial charge in [0.1, 0.15) is 0 Å². The van der Waals surface area contributed by atoms with Crippen LogP contribution in [0, 0.1) is 0 Å². The Labute approximate surface area is 170 Å². The Bertz CT molecular complexity index is 783. The van der Waals surface area contributed by atoms with Crippen LogP contribution in [0.15, 0.2) is 48.5 Å². The Morgan fingerprint density at radius 1 is 1.04 bits per heavy atom. The number of anilines is 1. The number of rotatable bonds is 10. The van der Waals surface area contributed by atoms with Gasteiger partial charge in [0, 0.05) is 12.2 Å². The minimum atomic E-state index is -0.313. The Hall–Kier alpha value is -2.67. The number of carbonyl (C=O) groups is 2. The van der Waals surface area contributed by atoms with E-state index in [1.807, 2.05) is 48.5 Å². The number of amides is 2. The Balaban J connectivity index is 1.71. The molecule has 2 aromatic rings. The zero-order valence-electron chi connectivity index (χ0n) is 16.4. The highest BCUT2D eigenvalue weighted by Gasteiger charge is 2.15. The summed E-state index contributed by atoms with van der Waals surface area (Å²) in [7, 11) is 3.19. The van der Waals surface area contributed by atoms with Gasteiger partial charge in [0.2, 0.25) is 11.8 Å². The number of carbonyl (C=O) groups excluding carboxylic acids is 2. The van der Waals surface area contributed by atoms with E-state index in [1.54, 1.807) is 21.1 Å². The number of nitrogens with one attached hydrogen (secondary N) is 2. The lowest BCUT2D eigenvalue weighted by Gasteiger charge is -2.13. The normalized spacial score (nSPS) is 11.4. The van der Waals surface area contributed by atoms with Gasteiger partial charge in [-0.15, -0.1) is 11.8 Å². The standard InChI is InChI=1S/C21H26N2O4S/c1-15(28-14-20(24)23-17-7-5-4-6-8-17)21(25)22-12-11-16-9-10-18(26-2)19(13-16)27-3/h4-10,13,15H,11-12,14H2,1-3H3,(H,22,25)(H,23,24). The molecule has 0 radical (unpaired) electrons. The van der Waals surface area contributed by atoms with Crippen molar-refractivity contribution in [2.45, 2.75) is 18.6 Å². The summed E-state index contributed by atoms with van der Waals surface area (Å²) < 4.78 is 10.5. The average Bonchev–Trinajstić information content (AvgIpc) is 2.72. The molecule has 0 aromatic heterocycles. The van der Waals surface area contributed by atoms with Gasteiger partial charge in [0.15, 0.2) is 11.5 Å². The zero-order chi connectivity index (χ0) is 20.4. The van der Waals surface area contributed by atoms with Crippen molar-refractivity contribution < 1.29 is 19.1 Å². The Morgan fingerprint density at radius 3 is 2.43 bits per heavy atom. The third kappa shape index (κ3) is 6.81. The molecule has 0 aliphatic carbocycles. The summed E-state index contributed by atoms with van der Waals surface area (Å²) in [4.78, 5) is 24.2. The van der Waals surface area contributed by atoms with E-state index in [1.165, 1.54) is 11.8 Å². The lowest BCUT2D eigenvalue weighted by Crippen LogP contribution is -2.33. The van der Waals surface area contributed by atoms with Crippen molar-refractivity contribution in [3.05, 3.63) is 54.1 Å². The van der Waals surface area contributed by atoms with Crippen molar-refractivity contribution in [2.75, 3.05) is 31.8 Å². The highest BCUT2D eigenvalue weighted by Crippen LogP contribution is 2.27. The first-order valence-electron chi connectivity index (χ1n) is 8.98. The van der Waals surface area contributed by atoms with Crippen molar-refractivity contribution in [3.63, 3.8) is 0 Å². The zero-order valence-corrected chi connectivity index (χ0v) is 17.2. The third-order valence-corrected chi connectivity index (χ3v) is 5.19. The number of para-hydroxylation sites is 1. The van der Waals surface area contributed by atoms with Crippen molar-refractivity contribution in [2.24, 2.45) is 0 Å². The molecule has 0 heterocycles. The SMILES string of the molecule is COc1ccc(CCNC(=O)C(C)SCC(=O)Nc2ccccc2)cc1OC. The van der Waals surface area contributed by atoms with E-state index in [-0.39, 0.29) is 22.8 Å². The number of thioether (sulfide) groups is 1. The molecular formula is C21H26N2O4S. The van der Waals surface area contributed by atoms with Gasteiger partial charge in [-0.05, 0) is 43.2 Å². The first-order chi connectivity index (χ1) is 13.5. The molecule has 0 bridgehead atoms. The first kappa shape index (κ1) is 21.6. The van der Waals surface area contributed by atoms with Crippen LogP contribution in [0.3, 0.4) is 0 Å². The number of benzene rings is 2. The molecule has 0 saturated carbocycles. The van der Waals surface area contributed by atoms with Crippen molar-refractivity contribution in [3.8, 4) is 11.5 Å². The third-order valence-electron chi connectivity index (χ3n) is 4.05. The molecule has 0 spiro atoms. The second-order valence-corrected chi connectivity index (χ2v) is 7.43. The van der Waals surface area contributed by atoms with E-state index < -0.39 is 0 Å². The predicted octanol–water partition coefficient (Wildman–Crippen LogP) is 3.12. The molecule has 0 aliphatic heterocycles. The van der Waals surface area contributed by atoms with Gasteiger partial charge < -0.3 is 20.1 Å². The topological polar surface area (TPSA) is 76.7 Å². The number of methoxy groups -OCH3 is 2. The minimum absolute atomic E-state index is 0.0852. The van der Waals surface area contributed by atoms with E-state index >= 15 is 0 Å². The monoisotopic (exact) mass is 402 g/mol. The summed E-state index contributed by atoms with van der Waals surface area (Å²) in [6, 6.07) is 14.9. The molecule has 0 saturated heterocycles. The van der Waals surface area contributed by atoms with Gasteiger partial charge in [0.25, 0.3) is 0 Å². The van der Waals surface area contributed by atoms with Crippen molar-refractivity contribution in [1.29, 1.82) is 0 Å². The maximum Gasteiger partial charge on any atom is 0.234 e. The molecule has 2 aromatic carbocycles. The fraction of sp³-hybridized carbons (Fsp3) is 0.333. The van der Waals surface area contributed by atoms with E-state index in [4.69, 9.17) is 9.47 Å². The lowest BCUT2D eigenvalue weighted by atomic mass is 10.1. The van der Waals surface area contributed by atoms with E-state index in [0.717, 1.165) is 11.3 Å². The van der Waals surface area contributed by atoms with Gasteiger partial charge in [0.05, 0.1) is 25.2 Å². The van der Waals surface area contributed by atoms with Crippen LogP contribution >= 0.6 is 11.8 Å². The summed E-state index contributed by atoms with van der Waals surface area (Å²) >= 11 is 1.31. The maximum absolute atomic E-state index is 12.2. The molecule has 1 unspecified atom stereocenters. The van der Waals surface area contributed by atoms with Crippen LogP contribution in [0.4, 0.5) is 5.69 Å². The van der Waals surface area contributed by atoms with Gasteiger partial charge in [-0.3, -0.25) is 9.59 Å². The first-order valence-corrected chi connectivity index (χ1v) is 10.0. The van der Waals surface area contributed by atoms with Crippen LogP contribution in [-0.4, -0.2) is 43.6 Å². The molecule has 150 valence electrons. The van der Waals surface area contributed by atoms with E-state index in [9.17, 15) is 9.59 Å². The maximum atomic E-state index is 12.2. The van der Waals surface area contributed by atoms with Crippen LogP contribution in [0.2, 0.25) is 0 Å². The molecule has 2 amide bonds. The molecule has 2 N–H and O–H groups in total. The Kier molecular flexibility index (Phi) is 8.68. The van der Waals surface area contributed by atoms with Gasteiger partial charge >= 0.3 is 0 Å². The smallest absolute Gasteiger partial charge is 0.234 e. The number of ether oxygens (including phenoxy) is 2. The largest absolute Gasteiger partial charge is 0.493 e.